The van der Waals surface area contributed by atoms with Gasteiger partial charge in [0, 0.05) is 30.5 Å². The van der Waals surface area contributed by atoms with E-state index in [1.807, 2.05) is 13.8 Å². The summed E-state index contributed by atoms with van der Waals surface area (Å²) in [5.41, 5.74) is 0.514. The molecule has 0 saturated carbocycles. The van der Waals surface area contributed by atoms with Gasteiger partial charge in [-0.1, -0.05) is 6.92 Å². The van der Waals surface area contributed by atoms with Crippen LogP contribution >= 0.6 is 0 Å². The van der Waals surface area contributed by atoms with Crippen LogP contribution in [0.4, 0.5) is 13.2 Å². The number of amides is 1. The second-order valence-electron chi connectivity index (χ2n) is 7.78. The zero-order valence-corrected chi connectivity index (χ0v) is 17.0. The van der Waals surface area contributed by atoms with Crippen molar-refractivity contribution < 1.29 is 18.0 Å². The standard InChI is InChI=1S/C20H23F3N6O/c1-4-14-8-17(20(21,22)23)29-18(25-14)9-15(26-29)16-6-5-7-27(16)19(30)13-10-24-28(11-13)12(2)3/h8-12,16H,4-7H2,1-3H3. The Bertz CT molecular complexity index is 1080. The van der Waals surface area contributed by atoms with Crippen molar-refractivity contribution in [2.45, 2.75) is 58.3 Å². The van der Waals surface area contributed by atoms with Crippen molar-refractivity contribution >= 4 is 11.6 Å². The predicted octanol–water partition coefficient (Wildman–Crippen LogP) is 4.07. The minimum Gasteiger partial charge on any atom is -0.330 e. The molecule has 30 heavy (non-hydrogen) atoms. The molecule has 1 saturated heterocycles. The number of carbonyl (C=O) groups is 1. The highest BCUT2D eigenvalue weighted by Crippen LogP contribution is 2.35. The van der Waals surface area contributed by atoms with Crippen molar-refractivity contribution in [2.24, 2.45) is 0 Å². The van der Waals surface area contributed by atoms with Gasteiger partial charge in [-0.2, -0.15) is 23.4 Å². The third-order valence-electron chi connectivity index (χ3n) is 5.38. The van der Waals surface area contributed by atoms with Gasteiger partial charge >= 0.3 is 6.18 Å². The molecule has 3 aromatic rings. The molecule has 4 rings (SSSR count). The summed E-state index contributed by atoms with van der Waals surface area (Å²) >= 11 is 0. The van der Waals surface area contributed by atoms with Crippen molar-refractivity contribution in [1.29, 1.82) is 0 Å². The van der Waals surface area contributed by atoms with Crippen LogP contribution in [0.3, 0.4) is 0 Å². The fraction of sp³-hybridized carbons (Fsp3) is 0.500. The van der Waals surface area contributed by atoms with E-state index in [9.17, 15) is 18.0 Å². The molecule has 0 spiro atoms. The molecule has 1 amide bonds. The van der Waals surface area contributed by atoms with Crippen LogP contribution in [0.15, 0.2) is 24.5 Å². The van der Waals surface area contributed by atoms with E-state index in [1.54, 1.807) is 28.8 Å². The topological polar surface area (TPSA) is 68.3 Å². The van der Waals surface area contributed by atoms with Crippen molar-refractivity contribution in [2.75, 3.05) is 6.54 Å². The largest absolute Gasteiger partial charge is 0.433 e. The lowest BCUT2D eigenvalue weighted by molar-refractivity contribution is -0.142. The summed E-state index contributed by atoms with van der Waals surface area (Å²) in [7, 11) is 0. The van der Waals surface area contributed by atoms with Gasteiger partial charge in [-0.05, 0) is 39.2 Å². The lowest BCUT2D eigenvalue weighted by Gasteiger charge is -2.22. The molecule has 1 atom stereocenters. The maximum atomic E-state index is 13.6. The molecule has 10 heteroatoms. The Balaban J connectivity index is 1.71. The highest BCUT2D eigenvalue weighted by atomic mass is 19.4. The van der Waals surface area contributed by atoms with E-state index >= 15 is 0 Å². The fourth-order valence-corrected chi connectivity index (χ4v) is 3.80. The zero-order chi connectivity index (χ0) is 21.6. The average Bonchev–Trinajstić information content (AvgIpc) is 3.43. The van der Waals surface area contributed by atoms with E-state index in [0.29, 0.717) is 36.3 Å². The fourth-order valence-electron chi connectivity index (χ4n) is 3.80. The number of carbonyl (C=O) groups excluding carboxylic acids is 1. The first kappa shape index (κ1) is 20.4. The smallest absolute Gasteiger partial charge is 0.330 e. The number of alkyl halides is 3. The molecule has 1 unspecified atom stereocenters. The number of halogens is 3. The Morgan fingerprint density at radius 2 is 2.07 bits per heavy atom. The minimum absolute atomic E-state index is 0.124. The first-order chi connectivity index (χ1) is 14.2. The van der Waals surface area contributed by atoms with E-state index in [2.05, 4.69) is 15.2 Å². The maximum Gasteiger partial charge on any atom is 0.433 e. The van der Waals surface area contributed by atoms with Crippen LogP contribution in [-0.2, 0) is 12.6 Å². The molecule has 4 heterocycles. The van der Waals surface area contributed by atoms with Gasteiger partial charge in [0.1, 0.15) is 5.69 Å². The summed E-state index contributed by atoms with van der Waals surface area (Å²) in [6.45, 7) is 6.20. The zero-order valence-electron chi connectivity index (χ0n) is 17.0. The Hall–Kier alpha value is -2.91. The third kappa shape index (κ3) is 3.54. The van der Waals surface area contributed by atoms with Gasteiger partial charge in [-0.25, -0.2) is 9.50 Å². The van der Waals surface area contributed by atoms with Crippen molar-refractivity contribution in [1.82, 2.24) is 29.3 Å². The summed E-state index contributed by atoms with van der Waals surface area (Å²) < 4.78 is 43.2. The van der Waals surface area contributed by atoms with E-state index in [1.165, 1.54) is 6.20 Å². The second kappa shape index (κ2) is 7.41. The number of aromatic nitrogens is 5. The van der Waals surface area contributed by atoms with Crippen LogP contribution in [0.2, 0.25) is 0 Å². The molecule has 0 radical (unpaired) electrons. The van der Waals surface area contributed by atoms with Crippen molar-refractivity contribution in [3.63, 3.8) is 0 Å². The number of hydrogen-bond acceptors (Lipinski definition) is 4. The maximum absolute atomic E-state index is 13.6. The van der Waals surface area contributed by atoms with Gasteiger partial charge in [0.25, 0.3) is 5.91 Å². The van der Waals surface area contributed by atoms with Gasteiger partial charge in [0.05, 0.1) is 23.5 Å². The van der Waals surface area contributed by atoms with Crippen LogP contribution in [0.1, 0.15) is 73.1 Å². The Morgan fingerprint density at radius 3 is 2.70 bits per heavy atom. The molecule has 0 aromatic carbocycles. The summed E-state index contributed by atoms with van der Waals surface area (Å²) in [6, 6.07) is 2.32. The predicted molar refractivity (Wildman–Crippen MR) is 103 cm³/mol. The Labute approximate surface area is 171 Å². The molecule has 0 N–H and O–H groups in total. The van der Waals surface area contributed by atoms with E-state index in [0.717, 1.165) is 17.0 Å². The third-order valence-corrected chi connectivity index (χ3v) is 5.38. The number of rotatable bonds is 4. The number of likely N-dealkylation sites (tertiary alicyclic amines) is 1. The molecular formula is C20H23F3N6O. The number of fused-ring (bicyclic) bond motifs is 1. The molecule has 3 aromatic heterocycles. The van der Waals surface area contributed by atoms with Crippen LogP contribution in [0, 0.1) is 0 Å². The van der Waals surface area contributed by atoms with Gasteiger partial charge in [0.15, 0.2) is 5.65 Å². The molecule has 160 valence electrons. The van der Waals surface area contributed by atoms with Gasteiger partial charge in [-0.15, -0.1) is 0 Å². The minimum atomic E-state index is -4.55. The van der Waals surface area contributed by atoms with Crippen molar-refractivity contribution in [3.05, 3.63) is 47.2 Å². The Kier molecular flexibility index (Phi) is 5.03. The van der Waals surface area contributed by atoms with Gasteiger partial charge in [-0.3, -0.25) is 9.48 Å². The summed E-state index contributed by atoms with van der Waals surface area (Å²) in [4.78, 5) is 19.0. The van der Waals surface area contributed by atoms with E-state index in [4.69, 9.17) is 0 Å². The summed E-state index contributed by atoms with van der Waals surface area (Å²) in [6.07, 6.45) is 0.443. The number of aryl methyl sites for hydroxylation is 1. The monoisotopic (exact) mass is 420 g/mol. The molecular weight excluding hydrogens is 397 g/mol. The van der Waals surface area contributed by atoms with Crippen LogP contribution in [0.5, 0.6) is 0 Å². The lowest BCUT2D eigenvalue weighted by atomic mass is 10.1. The highest BCUT2D eigenvalue weighted by molar-refractivity contribution is 5.94. The summed E-state index contributed by atoms with van der Waals surface area (Å²) in [5, 5.41) is 8.43. The van der Waals surface area contributed by atoms with Gasteiger partial charge in [0.2, 0.25) is 0 Å². The highest BCUT2D eigenvalue weighted by Gasteiger charge is 2.37. The Morgan fingerprint density at radius 1 is 1.30 bits per heavy atom. The van der Waals surface area contributed by atoms with E-state index in [-0.39, 0.29) is 17.6 Å². The quantitative estimate of drug-likeness (QED) is 0.638. The molecule has 1 fully saturated rings. The first-order valence-electron chi connectivity index (χ1n) is 10.0. The molecule has 0 bridgehead atoms. The van der Waals surface area contributed by atoms with Crippen LogP contribution in [-0.4, -0.2) is 41.7 Å². The SMILES string of the molecule is CCc1cc(C(F)(F)F)n2nc(C3CCCN3C(=O)c3cnn(C(C)C)c3)cc2n1. The number of hydrogen-bond donors (Lipinski definition) is 0. The molecule has 1 aliphatic heterocycles. The molecule has 0 aliphatic carbocycles. The molecule has 1 aliphatic rings. The molecule has 7 nitrogen and oxygen atoms in total. The lowest BCUT2D eigenvalue weighted by Crippen LogP contribution is -2.30. The van der Waals surface area contributed by atoms with Crippen molar-refractivity contribution in [3.8, 4) is 0 Å². The normalized spacial score (nSPS) is 17.4. The number of nitrogens with zero attached hydrogens (tertiary/aromatic N) is 6. The average molecular weight is 420 g/mol. The second-order valence-corrected chi connectivity index (χ2v) is 7.78. The summed E-state index contributed by atoms with van der Waals surface area (Å²) in [5.74, 6) is -0.195. The van der Waals surface area contributed by atoms with Crippen LogP contribution in [0.25, 0.3) is 5.65 Å². The first-order valence-corrected chi connectivity index (χ1v) is 10.0. The van der Waals surface area contributed by atoms with Crippen LogP contribution < -0.4 is 0 Å². The van der Waals surface area contributed by atoms with Gasteiger partial charge < -0.3 is 4.90 Å². The van der Waals surface area contributed by atoms with E-state index < -0.39 is 17.9 Å².